The van der Waals surface area contributed by atoms with Gasteiger partial charge < -0.3 is 10.1 Å². The van der Waals surface area contributed by atoms with Crippen molar-refractivity contribution in [2.24, 2.45) is 0 Å². The molecule has 4 heteroatoms. The number of rotatable bonds is 3. The molecule has 0 saturated carbocycles. The lowest BCUT2D eigenvalue weighted by atomic mass is 10.2. The third-order valence-electron chi connectivity index (χ3n) is 2.07. The third-order valence-corrected chi connectivity index (χ3v) is 2.30. The molecule has 3 nitrogen and oxygen atoms in total. The molecular weight excluding hydrogens is 214 g/mol. The van der Waals surface area contributed by atoms with Crippen LogP contribution in [0.1, 0.15) is 12.5 Å². The van der Waals surface area contributed by atoms with E-state index in [1.807, 2.05) is 13.0 Å². The lowest BCUT2D eigenvalue weighted by Gasteiger charge is -2.15. The van der Waals surface area contributed by atoms with E-state index in [9.17, 15) is 4.79 Å². The highest BCUT2D eigenvalue weighted by Crippen LogP contribution is 2.23. The summed E-state index contributed by atoms with van der Waals surface area (Å²) in [6.07, 6.45) is -0.521. The Balaban J connectivity index is 2.80. The molecule has 15 heavy (non-hydrogen) atoms. The number of hydrogen-bond acceptors (Lipinski definition) is 2. The Kier molecular flexibility index (Phi) is 3.97. The van der Waals surface area contributed by atoms with Crippen LogP contribution in [0.5, 0.6) is 5.75 Å². The average Bonchev–Trinajstić information content (AvgIpc) is 2.22. The molecule has 1 amide bonds. The largest absolute Gasteiger partial charge is 0.481 e. The van der Waals surface area contributed by atoms with Gasteiger partial charge in [0.05, 0.1) is 0 Å². The van der Waals surface area contributed by atoms with Crippen LogP contribution in [0.15, 0.2) is 18.2 Å². The average molecular weight is 228 g/mol. The smallest absolute Gasteiger partial charge is 0.260 e. The van der Waals surface area contributed by atoms with E-state index in [-0.39, 0.29) is 5.91 Å². The monoisotopic (exact) mass is 227 g/mol. The van der Waals surface area contributed by atoms with Crippen LogP contribution >= 0.6 is 11.6 Å². The van der Waals surface area contributed by atoms with Crippen molar-refractivity contribution >= 4 is 17.5 Å². The lowest BCUT2D eigenvalue weighted by molar-refractivity contribution is -0.126. The van der Waals surface area contributed by atoms with Crippen molar-refractivity contribution in [3.05, 3.63) is 28.8 Å². The molecular formula is C11H14ClNO2. The second-order valence-corrected chi connectivity index (χ2v) is 3.72. The third kappa shape index (κ3) is 3.13. The zero-order valence-corrected chi connectivity index (χ0v) is 9.76. The highest BCUT2D eigenvalue weighted by Gasteiger charge is 2.13. The van der Waals surface area contributed by atoms with E-state index in [0.29, 0.717) is 10.8 Å². The normalized spacial score (nSPS) is 12.0. The quantitative estimate of drug-likeness (QED) is 0.860. The summed E-state index contributed by atoms with van der Waals surface area (Å²) in [5, 5.41) is 3.12. The second kappa shape index (κ2) is 5.03. The Hall–Kier alpha value is -1.22. The Morgan fingerprint density at radius 1 is 1.53 bits per heavy atom. The molecule has 0 aromatic heterocycles. The van der Waals surface area contributed by atoms with Crippen molar-refractivity contribution in [1.29, 1.82) is 0 Å². The van der Waals surface area contributed by atoms with Crippen LogP contribution in [-0.4, -0.2) is 19.1 Å². The Morgan fingerprint density at radius 2 is 2.20 bits per heavy atom. The molecule has 1 N–H and O–H groups in total. The fraction of sp³-hybridized carbons (Fsp3) is 0.364. The first-order chi connectivity index (χ1) is 7.04. The summed E-state index contributed by atoms with van der Waals surface area (Å²) in [6, 6.07) is 5.35. The summed E-state index contributed by atoms with van der Waals surface area (Å²) in [5.74, 6) is 0.480. The minimum absolute atomic E-state index is 0.158. The van der Waals surface area contributed by atoms with Gasteiger partial charge in [0, 0.05) is 12.1 Å². The number of hydrogen-bond donors (Lipinski definition) is 1. The molecule has 0 fully saturated rings. The molecule has 82 valence electrons. The van der Waals surface area contributed by atoms with Gasteiger partial charge in [-0.3, -0.25) is 4.79 Å². The van der Waals surface area contributed by atoms with E-state index >= 15 is 0 Å². The van der Waals surface area contributed by atoms with Crippen LogP contribution in [0, 0.1) is 6.92 Å². The maximum absolute atomic E-state index is 11.2. The maximum atomic E-state index is 11.2. The molecule has 0 aliphatic carbocycles. The van der Waals surface area contributed by atoms with Gasteiger partial charge in [-0.2, -0.15) is 0 Å². The number of aryl methyl sites for hydroxylation is 1. The molecule has 0 heterocycles. The second-order valence-electron chi connectivity index (χ2n) is 3.28. The van der Waals surface area contributed by atoms with Crippen molar-refractivity contribution in [3.8, 4) is 5.75 Å². The fourth-order valence-corrected chi connectivity index (χ4v) is 1.31. The molecule has 1 atom stereocenters. The molecule has 1 aromatic carbocycles. The van der Waals surface area contributed by atoms with Gasteiger partial charge in [0.2, 0.25) is 0 Å². The number of carbonyl (C=O) groups excluding carboxylic acids is 1. The van der Waals surface area contributed by atoms with Crippen molar-refractivity contribution in [3.63, 3.8) is 0 Å². The van der Waals surface area contributed by atoms with Gasteiger partial charge in [-0.05, 0) is 31.5 Å². The number of halogens is 1. The number of ether oxygens (including phenoxy) is 1. The highest BCUT2D eigenvalue weighted by molar-refractivity contribution is 6.30. The topological polar surface area (TPSA) is 38.3 Å². The summed E-state index contributed by atoms with van der Waals surface area (Å²) in [4.78, 5) is 11.2. The standard InChI is InChI=1S/C11H14ClNO2/c1-7-4-5-9(12)6-10(7)15-8(2)11(14)13-3/h4-6,8H,1-3H3,(H,13,14). The number of carbonyl (C=O) groups is 1. The Labute approximate surface area is 94.4 Å². The highest BCUT2D eigenvalue weighted by atomic mass is 35.5. The van der Waals surface area contributed by atoms with Gasteiger partial charge >= 0.3 is 0 Å². The number of nitrogens with one attached hydrogen (secondary N) is 1. The van der Waals surface area contributed by atoms with Gasteiger partial charge in [0.1, 0.15) is 5.75 Å². The Morgan fingerprint density at radius 3 is 2.80 bits per heavy atom. The van der Waals surface area contributed by atoms with Gasteiger partial charge in [-0.1, -0.05) is 17.7 Å². The van der Waals surface area contributed by atoms with E-state index < -0.39 is 6.10 Å². The van der Waals surface area contributed by atoms with Crippen molar-refractivity contribution in [1.82, 2.24) is 5.32 Å². The first kappa shape index (κ1) is 11.9. The number of likely N-dealkylation sites (N-methyl/N-ethyl adjacent to an activating group) is 1. The minimum Gasteiger partial charge on any atom is -0.481 e. The SMILES string of the molecule is CNC(=O)C(C)Oc1cc(Cl)ccc1C. The summed E-state index contributed by atoms with van der Waals surface area (Å²) < 4.78 is 5.48. The maximum Gasteiger partial charge on any atom is 0.260 e. The Bertz CT molecular complexity index is 366. The summed E-state index contributed by atoms with van der Waals surface area (Å²) in [7, 11) is 1.58. The zero-order valence-electron chi connectivity index (χ0n) is 9.00. The zero-order chi connectivity index (χ0) is 11.4. The van der Waals surface area contributed by atoms with E-state index in [0.717, 1.165) is 5.56 Å². The first-order valence-electron chi connectivity index (χ1n) is 4.69. The predicted octanol–water partition coefficient (Wildman–Crippen LogP) is 2.16. The van der Waals surface area contributed by atoms with Gasteiger partial charge in [0.15, 0.2) is 6.10 Å². The van der Waals surface area contributed by atoms with Crippen LogP contribution in [0.2, 0.25) is 5.02 Å². The van der Waals surface area contributed by atoms with Crippen LogP contribution in [0.25, 0.3) is 0 Å². The molecule has 1 unspecified atom stereocenters. The minimum atomic E-state index is -0.521. The molecule has 0 radical (unpaired) electrons. The molecule has 0 aliphatic rings. The van der Waals surface area contributed by atoms with Crippen LogP contribution < -0.4 is 10.1 Å². The summed E-state index contributed by atoms with van der Waals surface area (Å²) >= 11 is 5.83. The van der Waals surface area contributed by atoms with Gasteiger partial charge in [0.25, 0.3) is 5.91 Å². The molecule has 0 aliphatic heterocycles. The number of benzene rings is 1. The van der Waals surface area contributed by atoms with Crippen molar-refractivity contribution in [2.45, 2.75) is 20.0 Å². The molecule has 1 aromatic rings. The van der Waals surface area contributed by atoms with E-state index in [1.54, 1.807) is 26.1 Å². The summed E-state index contributed by atoms with van der Waals surface area (Å²) in [6.45, 7) is 3.60. The summed E-state index contributed by atoms with van der Waals surface area (Å²) in [5.41, 5.74) is 0.954. The van der Waals surface area contributed by atoms with Crippen LogP contribution in [-0.2, 0) is 4.79 Å². The van der Waals surface area contributed by atoms with E-state index in [1.165, 1.54) is 0 Å². The molecule has 0 bridgehead atoms. The van der Waals surface area contributed by atoms with Gasteiger partial charge in [-0.25, -0.2) is 0 Å². The van der Waals surface area contributed by atoms with Gasteiger partial charge in [-0.15, -0.1) is 0 Å². The fourth-order valence-electron chi connectivity index (χ4n) is 1.15. The van der Waals surface area contributed by atoms with E-state index in [4.69, 9.17) is 16.3 Å². The van der Waals surface area contributed by atoms with E-state index in [2.05, 4.69) is 5.32 Å². The first-order valence-corrected chi connectivity index (χ1v) is 5.06. The number of amides is 1. The predicted molar refractivity (Wildman–Crippen MR) is 60.3 cm³/mol. The van der Waals surface area contributed by atoms with Crippen molar-refractivity contribution < 1.29 is 9.53 Å². The van der Waals surface area contributed by atoms with Crippen molar-refractivity contribution in [2.75, 3.05) is 7.05 Å². The molecule has 0 spiro atoms. The molecule has 1 rings (SSSR count). The van der Waals surface area contributed by atoms with Crippen LogP contribution in [0.3, 0.4) is 0 Å². The lowest BCUT2D eigenvalue weighted by Crippen LogP contribution is -2.33. The van der Waals surface area contributed by atoms with Crippen LogP contribution in [0.4, 0.5) is 0 Å². The molecule has 0 saturated heterocycles.